The second-order valence-electron chi connectivity index (χ2n) is 4.92. The predicted molar refractivity (Wildman–Crippen MR) is 92.5 cm³/mol. The molecule has 23 heavy (non-hydrogen) atoms. The van der Waals surface area contributed by atoms with Crippen LogP contribution in [0.5, 0.6) is 0 Å². The van der Waals surface area contributed by atoms with Gasteiger partial charge in [-0.3, -0.25) is 0 Å². The Balaban J connectivity index is 1.77. The Labute approximate surface area is 144 Å². The molecule has 0 spiro atoms. The van der Waals surface area contributed by atoms with E-state index in [0.29, 0.717) is 6.67 Å². The molecule has 118 valence electrons. The zero-order chi connectivity index (χ0) is 16.2. The van der Waals surface area contributed by atoms with E-state index in [-0.39, 0.29) is 5.91 Å². The molecule has 0 radical (unpaired) electrons. The molecule has 6 nitrogen and oxygen atoms in total. The third-order valence-electron chi connectivity index (χ3n) is 3.09. The van der Waals surface area contributed by atoms with Gasteiger partial charge in [-0.15, -0.1) is 0 Å². The molecular weight excluding hydrogens is 373 g/mol. The Bertz CT molecular complexity index is 814. The first-order valence-corrected chi connectivity index (χ1v) is 9.96. The number of carbonyl (C=O) groups is 1. The number of thiazole rings is 1. The molecule has 0 aliphatic rings. The molecule has 0 aliphatic carbocycles. The standard InChI is InChI=1S/C15H16AsN5OS/c1-10-14(12-7-19-21(8-12)9-18-11(2)22)20-15(23-10)16-13-5-3-4-6-17-13/h3-8,16H,9H2,1-2H3,(H,18,22). The molecule has 0 bridgehead atoms. The first kappa shape index (κ1) is 15.9. The second kappa shape index (κ2) is 7.06. The van der Waals surface area contributed by atoms with Crippen LogP contribution in [0.1, 0.15) is 11.8 Å². The monoisotopic (exact) mass is 389 g/mol. The van der Waals surface area contributed by atoms with Crippen molar-refractivity contribution in [1.29, 1.82) is 0 Å². The average Bonchev–Trinajstić information content (AvgIpc) is 3.13. The van der Waals surface area contributed by atoms with E-state index in [0.717, 1.165) is 19.5 Å². The van der Waals surface area contributed by atoms with E-state index in [4.69, 9.17) is 4.98 Å². The van der Waals surface area contributed by atoms with Gasteiger partial charge in [0.25, 0.3) is 0 Å². The van der Waals surface area contributed by atoms with Crippen molar-refractivity contribution in [3.8, 4) is 11.3 Å². The maximum absolute atomic E-state index is 11.0. The van der Waals surface area contributed by atoms with Gasteiger partial charge in [0.2, 0.25) is 0 Å². The molecule has 0 saturated heterocycles. The summed E-state index contributed by atoms with van der Waals surface area (Å²) in [5.41, 5.74) is 1.95. The van der Waals surface area contributed by atoms with Gasteiger partial charge in [0.15, 0.2) is 0 Å². The second-order valence-corrected chi connectivity index (χ2v) is 9.48. The SMILES string of the molecule is CC(=O)NCn1cc(-c2nc([AsH]c3ccccn3)sc2C)cn1. The van der Waals surface area contributed by atoms with Gasteiger partial charge in [0.1, 0.15) is 0 Å². The molecule has 1 amide bonds. The van der Waals surface area contributed by atoms with Crippen molar-refractivity contribution < 1.29 is 4.79 Å². The van der Waals surface area contributed by atoms with E-state index >= 15 is 0 Å². The number of hydrogen-bond donors (Lipinski definition) is 1. The number of nitrogens with zero attached hydrogens (tertiary/aromatic N) is 4. The number of pyridine rings is 1. The summed E-state index contributed by atoms with van der Waals surface area (Å²) in [5.74, 6) is -0.0741. The van der Waals surface area contributed by atoms with Crippen molar-refractivity contribution in [3.05, 3.63) is 41.7 Å². The van der Waals surface area contributed by atoms with E-state index in [1.807, 2.05) is 24.5 Å². The average molecular weight is 389 g/mol. The van der Waals surface area contributed by atoms with Crippen LogP contribution in [0.4, 0.5) is 0 Å². The van der Waals surface area contributed by atoms with Gasteiger partial charge >= 0.3 is 145 Å². The van der Waals surface area contributed by atoms with Crippen LogP contribution in [0.25, 0.3) is 11.3 Å². The fourth-order valence-electron chi connectivity index (χ4n) is 2.03. The van der Waals surface area contributed by atoms with E-state index < -0.39 is 15.8 Å². The number of amides is 1. The molecule has 1 atom stereocenters. The van der Waals surface area contributed by atoms with Crippen molar-refractivity contribution >= 4 is 41.3 Å². The van der Waals surface area contributed by atoms with Crippen molar-refractivity contribution in [1.82, 2.24) is 25.1 Å². The Morgan fingerprint density at radius 1 is 1.43 bits per heavy atom. The van der Waals surface area contributed by atoms with Gasteiger partial charge in [-0.05, 0) is 0 Å². The fourth-order valence-corrected chi connectivity index (χ4v) is 6.08. The van der Waals surface area contributed by atoms with E-state index in [1.54, 1.807) is 22.2 Å². The van der Waals surface area contributed by atoms with Crippen molar-refractivity contribution in [2.24, 2.45) is 0 Å². The van der Waals surface area contributed by atoms with Crippen molar-refractivity contribution in [2.45, 2.75) is 20.5 Å². The first-order valence-electron chi connectivity index (χ1n) is 7.04. The van der Waals surface area contributed by atoms with E-state index in [1.165, 1.54) is 11.8 Å². The molecule has 8 heteroatoms. The minimum atomic E-state index is -0.504. The number of hydrogen-bond acceptors (Lipinski definition) is 5. The number of nitrogens with one attached hydrogen (secondary N) is 1. The Kier molecular flexibility index (Phi) is 4.88. The third kappa shape index (κ3) is 4.06. The van der Waals surface area contributed by atoms with Gasteiger partial charge in [-0.1, -0.05) is 0 Å². The van der Waals surface area contributed by atoms with Crippen LogP contribution in [0, 0.1) is 6.92 Å². The third-order valence-corrected chi connectivity index (χ3v) is 6.89. The number of rotatable bonds is 5. The topological polar surface area (TPSA) is 72.7 Å². The van der Waals surface area contributed by atoms with Crippen LogP contribution in [0.3, 0.4) is 0 Å². The molecule has 3 aromatic rings. The normalized spacial score (nSPS) is 11.2. The Morgan fingerprint density at radius 2 is 2.30 bits per heavy atom. The molecular formula is C15H16AsN5OS. The molecule has 3 aromatic heterocycles. The summed E-state index contributed by atoms with van der Waals surface area (Å²) in [7, 11) is 0. The zero-order valence-corrected chi connectivity index (χ0v) is 15.7. The Hall–Kier alpha value is -1.98. The van der Waals surface area contributed by atoms with Crippen LogP contribution < -0.4 is 13.6 Å². The Morgan fingerprint density at radius 3 is 3.04 bits per heavy atom. The quantitative estimate of drug-likeness (QED) is 0.633. The summed E-state index contributed by atoms with van der Waals surface area (Å²) < 4.78 is 3.99. The van der Waals surface area contributed by atoms with Gasteiger partial charge < -0.3 is 0 Å². The van der Waals surface area contributed by atoms with Crippen molar-refractivity contribution in [2.75, 3.05) is 0 Å². The number of aromatic nitrogens is 4. The summed E-state index contributed by atoms with van der Waals surface area (Å²) in [6.07, 6.45) is 5.52. The number of aryl methyl sites for hydroxylation is 1. The predicted octanol–water partition coefficient (Wildman–Crippen LogP) is 0.191. The van der Waals surface area contributed by atoms with Gasteiger partial charge in [0, 0.05) is 0 Å². The van der Waals surface area contributed by atoms with Gasteiger partial charge in [0.05, 0.1) is 0 Å². The zero-order valence-electron chi connectivity index (χ0n) is 12.8. The first-order chi connectivity index (χ1) is 11.1. The van der Waals surface area contributed by atoms with E-state index in [2.05, 4.69) is 28.4 Å². The van der Waals surface area contributed by atoms with Gasteiger partial charge in [-0.2, -0.15) is 0 Å². The minimum absolute atomic E-state index is 0.0741. The van der Waals surface area contributed by atoms with Crippen LogP contribution in [0.15, 0.2) is 36.8 Å². The molecule has 1 unspecified atom stereocenters. The summed E-state index contributed by atoms with van der Waals surface area (Å²) >= 11 is 1.23. The van der Waals surface area contributed by atoms with Crippen LogP contribution in [0.2, 0.25) is 0 Å². The fraction of sp³-hybridized carbons (Fsp3) is 0.200. The molecule has 3 rings (SSSR count). The van der Waals surface area contributed by atoms with Crippen molar-refractivity contribution in [3.63, 3.8) is 0 Å². The van der Waals surface area contributed by atoms with Crippen LogP contribution in [-0.2, 0) is 11.5 Å². The molecule has 0 fully saturated rings. The molecule has 0 aliphatic heterocycles. The van der Waals surface area contributed by atoms with Crippen LogP contribution in [-0.4, -0.2) is 41.4 Å². The summed E-state index contributed by atoms with van der Waals surface area (Å²) in [6.45, 7) is 3.93. The molecule has 3 heterocycles. The summed E-state index contributed by atoms with van der Waals surface area (Å²) in [6, 6.07) is 6.00. The summed E-state index contributed by atoms with van der Waals surface area (Å²) in [4.78, 5) is 21.3. The van der Waals surface area contributed by atoms with Crippen LogP contribution >= 0.6 is 11.3 Å². The maximum atomic E-state index is 11.0. The molecule has 1 N–H and O–H groups in total. The molecule has 0 saturated carbocycles. The van der Waals surface area contributed by atoms with E-state index in [9.17, 15) is 4.79 Å². The molecule has 0 aromatic carbocycles. The summed E-state index contributed by atoms with van der Waals surface area (Å²) in [5, 5.41) is 6.98. The number of carbonyl (C=O) groups excluding carboxylic acids is 1. The van der Waals surface area contributed by atoms with Gasteiger partial charge in [-0.25, -0.2) is 0 Å².